The van der Waals surface area contributed by atoms with Gasteiger partial charge in [-0.25, -0.2) is 0 Å². The lowest BCUT2D eigenvalue weighted by Crippen LogP contribution is -2.34. The van der Waals surface area contributed by atoms with Gasteiger partial charge in [0, 0.05) is 21.8 Å². The van der Waals surface area contributed by atoms with Crippen molar-refractivity contribution < 1.29 is 0 Å². The first kappa shape index (κ1) is 27.0. The topological polar surface area (TPSA) is 0 Å². The molecule has 0 bridgehead atoms. The summed E-state index contributed by atoms with van der Waals surface area (Å²) in [5.74, 6) is 0.685. The molecule has 2 aliphatic carbocycles. The van der Waals surface area contributed by atoms with Gasteiger partial charge in [-0.15, -0.1) is 0 Å². The van der Waals surface area contributed by atoms with Crippen LogP contribution in [0.3, 0.4) is 0 Å². The van der Waals surface area contributed by atoms with Crippen molar-refractivity contribution in [3.05, 3.63) is 99.1 Å². The minimum Gasteiger partial charge on any atom is -0.0990 e. The Morgan fingerprint density at radius 2 is 1.64 bits per heavy atom. The van der Waals surface area contributed by atoms with Crippen LogP contribution in [0.15, 0.2) is 66.3 Å². The van der Waals surface area contributed by atoms with Gasteiger partial charge in [0.25, 0.3) is 0 Å². The van der Waals surface area contributed by atoms with Crippen LogP contribution in [0.5, 0.6) is 0 Å². The molecule has 0 heterocycles. The Morgan fingerprint density at radius 1 is 1.03 bits per heavy atom. The molecule has 0 radical (unpaired) electrons. The van der Waals surface area contributed by atoms with Crippen molar-refractivity contribution in [1.82, 2.24) is 0 Å². The van der Waals surface area contributed by atoms with Crippen LogP contribution in [0, 0.1) is 12.8 Å². The van der Waals surface area contributed by atoms with Crippen LogP contribution in [-0.4, -0.2) is 0 Å². The van der Waals surface area contributed by atoms with E-state index in [0.717, 1.165) is 24.3 Å². The molecule has 1 unspecified atom stereocenters. The van der Waals surface area contributed by atoms with E-state index >= 15 is 0 Å². The fraction of sp³-hybridized carbons (Fsp3) is 0.486. The highest BCUT2D eigenvalue weighted by Crippen LogP contribution is 2.51. The molecule has 192 valence electrons. The van der Waals surface area contributed by atoms with E-state index in [-0.39, 0.29) is 10.8 Å². The smallest absolute Gasteiger partial charge is 0.0441 e. The Morgan fingerprint density at radius 3 is 2.19 bits per heavy atom. The molecule has 36 heavy (non-hydrogen) atoms. The Bertz CT molecular complexity index is 1170. The minimum absolute atomic E-state index is 0.0578. The molecular formula is C35H45Cl. The zero-order valence-electron chi connectivity index (χ0n) is 23.4. The van der Waals surface area contributed by atoms with E-state index in [2.05, 4.69) is 84.5 Å². The third-order valence-corrected chi connectivity index (χ3v) is 10.7. The molecule has 0 N–H and O–H groups in total. The van der Waals surface area contributed by atoms with Crippen LogP contribution in [0.2, 0.25) is 5.02 Å². The summed E-state index contributed by atoms with van der Waals surface area (Å²) in [6.45, 7) is 23.0. The zero-order valence-corrected chi connectivity index (χ0v) is 24.2. The lowest BCUT2D eigenvalue weighted by Gasteiger charge is -2.41. The number of benzene rings is 2. The molecule has 4 rings (SSSR count). The summed E-state index contributed by atoms with van der Waals surface area (Å²) in [7, 11) is 0. The predicted molar refractivity (Wildman–Crippen MR) is 159 cm³/mol. The first-order valence-electron chi connectivity index (χ1n) is 14.2. The Balaban J connectivity index is 1.68. The van der Waals surface area contributed by atoms with Gasteiger partial charge in [-0.3, -0.25) is 0 Å². The number of hydrogen-bond acceptors (Lipinski definition) is 0. The molecular weight excluding hydrogens is 456 g/mol. The molecule has 2 aliphatic rings. The summed E-state index contributed by atoms with van der Waals surface area (Å²) < 4.78 is 0. The number of rotatable bonds is 9. The van der Waals surface area contributed by atoms with Gasteiger partial charge in [-0.05, 0) is 90.0 Å². The van der Waals surface area contributed by atoms with Crippen molar-refractivity contribution in [3.63, 3.8) is 0 Å². The van der Waals surface area contributed by atoms with Gasteiger partial charge < -0.3 is 0 Å². The quantitative estimate of drug-likeness (QED) is 0.300. The lowest BCUT2D eigenvalue weighted by molar-refractivity contribution is 0.300. The second-order valence-corrected chi connectivity index (χ2v) is 11.8. The van der Waals surface area contributed by atoms with E-state index < -0.39 is 0 Å². The molecule has 0 aromatic heterocycles. The number of fused-ring (bicyclic) bond motifs is 1. The highest BCUT2D eigenvalue weighted by atomic mass is 35.5. The lowest BCUT2D eigenvalue weighted by atomic mass is 9.63. The maximum atomic E-state index is 6.47. The van der Waals surface area contributed by atoms with Crippen LogP contribution in [0.25, 0.3) is 6.08 Å². The first-order chi connectivity index (χ1) is 17.2. The maximum Gasteiger partial charge on any atom is 0.0441 e. The third kappa shape index (κ3) is 4.14. The first-order valence-corrected chi connectivity index (χ1v) is 14.5. The summed E-state index contributed by atoms with van der Waals surface area (Å²) >= 11 is 6.47. The van der Waals surface area contributed by atoms with Gasteiger partial charge in [-0.1, -0.05) is 114 Å². The van der Waals surface area contributed by atoms with E-state index in [1.165, 1.54) is 70.2 Å². The normalized spacial score (nSPS) is 19.6. The Hall–Kier alpha value is -2.05. The Labute approximate surface area is 225 Å². The van der Waals surface area contributed by atoms with E-state index in [9.17, 15) is 0 Å². The van der Waals surface area contributed by atoms with Gasteiger partial charge in [0.15, 0.2) is 0 Å². The van der Waals surface area contributed by atoms with Crippen molar-refractivity contribution in [1.29, 1.82) is 0 Å². The molecule has 2 atom stereocenters. The summed E-state index contributed by atoms with van der Waals surface area (Å²) in [6, 6.07) is 14.0. The highest BCUT2D eigenvalue weighted by Gasteiger charge is 2.40. The van der Waals surface area contributed by atoms with E-state index in [4.69, 9.17) is 18.2 Å². The van der Waals surface area contributed by atoms with Crippen molar-refractivity contribution >= 4 is 17.7 Å². The van der Waals surface area contributed by atoms with Crippen LogP contribution in [-0.2, 0) is 10.8 Å². The molecule has 1 saturated carbocycles. The van der Waals surface area contributed by atoms with Gasteiger partial charge in [-0.2, -0.15) is 0 Å². The zero-order chi connectivity index (χ0) is 26.3. The van der Waals surface area contributed by atoms with Crippen LogP contribution in [0.1, 0.15) is 113 Å². The summed E-state index contributed by atoms with van der Waals surface area (Å²) in [6.07, 6.45) is 10.7. The molecule has 0 spiro atoms. The van der Waals surface area contributed by atoms with Crippen LogP contribution < -0.4 is 0 Å². The van der Waals surface area contributed by atoms with Crippen molar-refractivity contribution in [2.24, 2.45) is 5.92 Å². The largest absolute Gasteiger partial charge is 0.0990 e. The van der Waals surface area contributed by atoms with E-state index in [1.807, 2.05) is 6.07 Å². The predicted octanol–water partition coefficient (Wildman–Crippen LogP) is 10.9. The van der Waals surface area contributed by atoms with Crippen molar-refractivity contribution in [2.45, 2.75) is 103 Å². The average Bonchev–Trinajstić information content (AvgIpc) is 3.53. The summed E-state index contributed by atoms with van der Waals surface area (Å²) in [4.78, 5) is 0. The molecule has 2 aromatic rings. The summed E-state index contributed by atoms with van der Waals surface area (Å²) in [5, 5.41) is 0.847. The van der Waals surface area contributed by atoms with Gasteiger partial charge in [0.2, 0.25) is 0 Å². The molecule has 2 aromatic carbocycles. The van der Waals surface area contributed by atoms with Crippen LogP contribution in [0.4, 0.5) is 0 Å². The fourth-order valence-corrected chi connectivity index (χ4v) is 7.66. The number of hydrogen-bond donors (Lipinski definition) is 0. The SMILES string of the molecule is C=C(C1=Cc2c(ccc(Cl)c2C)C1C)[C@H](C)C(CC)(CC)c1ccc(C2(C(=C)CC)CCCC2)cc1. The molecule has 1 fully saturated rings. The van der Waals surface area contributed by atoms with Gasteiger partial charge >= 0.3 is 0 Å². The highest BCUT2D eigenvalue weighted by molar-refractivity contribution is 6.31. The second kappa shape index (κ2) is 10.4. The van der Waals surface area contributed by atoms with E-state index in [1.54, 1.807) is 0 Å². The number of allylic oxidation sites excluding steroid dienone is 3. The van der Waals surface area contributed by atoms with Gasteiger partial charge in [0.05, 0.1) is 0 Å². The Kier molecular flexibility index (Phi) is 7.78. The van der Waals surface area contributed by atoms with Gasteiger partial charge in [0.1, 0.15) is 0 Å². The molecule has 0 amide bonds. The maximum absolute atomic E-state index is 6.47. The monoisotopic (exact) mass is 500 g/mol. The molecule has 0 aliphatic heterocycles. The number of halogens is 1. The molecule has 0 saturated heterocycles. The van der Waals surface area contributed by atoms with Crippen molar-refractivity contribution in [3.8, 4) is 0 Å². The standard InChI is InChI=1S/C35H45Cl/c1-9-23(4)35(20-12-13-21-35)29-16-14-28(15-17-29)34(10-2,11-3)27(8)24(5)31-22-32-26(7)33(36)19-18-30(32)25(31)6/h14-19,22,25,27H,4-5,9-13,20-21H2,1-3,6-8H3/t25?,27-/m0/s1. The molecule has 0 nitrogen and oxygen atoms in total. The second-order valence-electron chi connectivity index (χ2n) is 11.4. The minimum atomic E-state index is 0.0578. The van der Waals surface area contributed by atoms with Crippen molar-refractivity contribution in [2.75, 3.05) is 0 Å². The van der Waals surface area contributed by atoms with E-state index in [0.29, 0.717) is 11.8 Å². The third-order valence-electron chi connectivity index (χ3n) is 10.3. The fourth-order valence-electron chi connectivity index (χ4n) is 7.50. The molecule has 1 heteroatoms. The van der Waals surface area contributed by atoms with Crippen LogP contribution >= 0.6 is 11.6 Å². The average molecular weight is 501 g/mol. The summed E-state index contributed by atoms with van der Waals surface area (Å²) in [5.41, 5.74) is 11.0.